The second-order valence-electron chi connectivity index (χ2n) is 2.93. The van der Waals surface area contributed by atoms with Crippen LogP contribution < -0.4 is 5.32 Å². The third-order valence-corrected chi connectivity index (χ3v) is 2.00. The molecule has 0 aliphatic carbocycles. The molecule has 2 heterocycles. The quantitative estimate of drug-likeness (QED) is 0.616. The summed E-state index contributed by atoms with van der Waals surface area (Å²) in [6.07, 6.45) is 1.65. The summed E-state index contributed by atoms with van der Waals surface area (Å²) in [4.78, 5) is 19.3. The van der Waals surface area contributed by atoms with Gasteiger partial charge in [0.1, 0.15) is 5.82 Å². The molecule has 1 aliphatic heterocycles. The second kappa shape index (κ2) is 2.27. The van der Waals surface area contributed by atoms with Crippen molar-refractivity contribution in [1.29, 1.82) is 0 Å². The highest BCUT2D eigenvalue weighted by atomic mass is 16.2. The largest absolute Gasteiger partial charge is 0.323 e. The third kappa shape index (κ3) is 0.879. The Hall–Kier alpha value is -1.45. The van der Waals surface area contributed by atoms with Gasteiger partial charge in [0.25, 0.3) is 0 Å². The zero-order chi connectivity index (χ0) is 8.72. The SMILES string of the molecule is Cc1ncc2c(n1)C(C)C(=O)N2. The van der Waals surface area contributed by atoms with Crippen LogP contribution in [-0.4, -0.2) is 15.9 Å². The first-order valence-corrected chi connectivity index (χ1v) is 3.83. The number of aryl methyl sites for hydroxylation is 1. The van der Waals surface area contributed by atoms with Gasteiger partial charge >= 0.3 is 0 Å². The smallest absolute Gasteiger partial charge is 0.233 e. The number of carbonyl (C=O) groups excluding carboxylic acids is 1. The van der Waals surface area contributed by atoms with Gasteiger partial charge in [0, 0.05) is 0 Å². The van der Waals surface area contributed by atoms with Crippen molar-refractivity contribution in [2.75, 3.05) is 5.32 Å². The van der Waals surface area contributed by atoms with E-state index in [2.05, 4.69) is 15.3 Å². The first kappa shape index (κ1) is 7.21. The van der Waals surface area contributed by atoms with Crippen LogP contribution in [-0.2, 0) is 4.79 Å². The first-order valence-electron chi connectivity index (χ1n) is 3.83. The summed E-state index contributed by atoms with van der Waals surface area (Å²) in [5, 5.41) is 2.71. The van der Waals surface area contributed by atoms with E-state index in [0.717, 1.165) is 11.4 Å². The van der Waals surface area contributed by atoms with Crippen LogP contribution in [0.25, 0.3) is 0 Å². The Bertz CT molecular complexity index is 348. The summed E-state index contributed by atoms with van der Waals surface area (Å²) in [6, 6.07) is 0. The number of amides is 1. The van der Waals surface area contributed by atoms with E-state index >= 15 is 0 Å². The first-order chi connectivity index (χ1) is 5.68. The van der Waals surface area contributed by atoms with Crippen molar-refractivity contribution in [3.63, 3.8) is 0 Å². The monoisotopic (exact) mass is 163 g/mol. The Morgan fingerprint density at radius 2 is 2.33 bits per heavy atom. The molecule has 0 radical (unpaired) electrons. The Morgan fingerprint density at radius 1 is 1.58 bits per heavy atom. The van der Waals surface area contributed by atoms with E-state index in [1.165, 1.54) is 0 Å². The number of anilines is 1. The molecule has 1 aromatic heterocycles. The molecule has 0 fully saturated rings. The topological polar surface area (TPSA) is 54.9 Å². The average molecular weight is 163 g/mol. The van der Waals surface area contributed by atoms with Crippen molar-refractivity contribution >= 4 is 11.6 Å². The van der Waals surface area contributed by atoms with Crippen molar-refractivity contribution in [2.24, 2.45) is 0 Å². The van der Waals surface area contributed by atoms with Crippen LogP contribution in [0.3, 0.4) is 0 Å². The molecule has 1 N–H and O–H groups in total. The van der Waals surface area contributed by atoms with Gasteiger partial charge in [-0.05, 0) is 13.8 Å². The molecular formula is C8H9N3O. The molecule has 4 heteroatoms. The fraction of sp³-hybridized carbons (Fsp3) is 0.375. The molecule has 0 saturated heterocycles. The predicted molar refractivity (Wildman–Crippen MR) is 43.8 cm³/mol. The molecule has 0 saturated carbocycles. The third-order valence-electron chi connectivity index (χ3n) is 2.00. The summed E-state index contributed by atoms with van der Waals surface area (Å²) >= 11 is 0. The molecule has 1 aromatic rings. The van der Waals surface area contributed by atoms with Gasteiger partial charge in [-0.2, -0.15) is 0 Å². The maximum atomic E-state index is 11.2. The standard InChI is InChI=1S/C8H9N3O/c1-4-7-6(11-8(4)12)3-9-5(2)10-7/h3-4H,1-2H3,(H,11,12). The average Bonchev–Trinajstić information content (AvgIpc) is 2.31. The maximum absolute atomic E-state index is 11.2. The van der Waals surface area contributed by atoms with E-state index in [4.69, 9.17) is 0 Å². The van der Waals surface area contributed by atoms with E-state index in [9.17, 15) is 4.79 Å². The van der Waals surface area contributed by atoms with Gasteiger partial charge < -0.3 is 5.32 Å². The number of aromatic nitrogens is 2. The summed E-state index contributed by atoms with van der Waals surface area (Å²) in [7, 11) is 0. The second-order valence-corrected chi connectivity index (χ2v) is 2.93. The van der Waals surface area contributed by atoms with Crippen molar-refractivity contribution in [3.05, 3.63) is 17.7 Å². The molecule has 1 amide bonds. The molecule has 0 bridgehead atoms. The highest BCUT2D eigenvalue weighted by Gasteiger charge is 2.28. The Labute approximate surface area is 70.0 Å². The predicted octanol–water partition coefficient (Wildman–Crippen LogP) is 0.841. The molecule has 0 aromatic carbocycles. The van der Waals surface area contributed by atoms with Crippen LogP contribution >= 0.6 is 0 Å². The van der Waals surface area contributed by atoms with E-state index in [1.54, 1.807) is 6.20 Å². The van der Waals surface area contributed by atoms with Crippen LogP contribution in [0.4, 0.5) is 5.69 Å². The van der Waals surface area contributed by atoms with E-state index in [1.807, 2.05) is 13.8 Å². The number of rotatable bonds is 0. The summed E-state index contributed by atoms with van der Waals surface area (Å²) < 4.78 is 0. The van der Waals surface area contributed by atoms with E-state index in [-0.39, 0.29) is 11.8 Å². The Balaban J connectivity index is 2.55. The van der Waals surface area contributed by atoms with Gasteiger partial charge in [-0.3, -0.25) is 4.79 Å². The Kier molecular flexibility index (Phi) is 1.36. The minimum absolute atomic E-state index is 0.00454. The van der Waals surface area contributed by atoms with E-state index in [0.29, 0.717) is 5.82 Å². The van der Waals surface area contributed by atoms with Crippen LogP contribution in [0.2, 0.25) is 0 Å². The zero-order valence-electron chi connectivity index (χ0n) is 6.96. The number of nitrogens with one attached hydrogen (secondary N) is 1. The van der Waals surface area contributed by atoms with Crippen molar-refractivity contribution in [1.82, 2.24) is 9.97 Å². The van der Waals surface area contributed by atoms with Crippen LogP contribution in [0.1, 0.15) is 24.4 Å². The van der Waals surface area contributed by atoms with Crippen LogP contribution in [0.15, 0.2) is 6.20 Å². The molecule has 1 aliphatic rings. The van der Waals surface area contributed by atoms with E-state index < -0.39 is 0 Å². The summed E-state index contributed by atoms with van der Waals surface area (Å²) in [5.74, 6) is 0.573. The number of hydrogen-bond acceptors (Lipinski definition) is 3. The molecular weight excluding hydrogens is 154 g/mol. The molecule has 0 spiro atoms. The lowest BCUT2D eigenvalue weighted by Gasteiger charge is -1.99. The lowest BCUT2D eigenvalue weighted by Crippen LogP contribution is -2.08. The van der Waals surface area contributed by atoms with Crippen molar-refractivity contribution in [3.8, 4) is 0 Å². The molecule has 62 valence electrons. The summed E-state index contributed by atoms with van der Waals surface area (Å²) in [6.45, 7) is 3.66. The maximum Gasteiger partial charge on any atom is 0.233 e. The summed E-state index contributed by atoms with van der Waals surface area (Å²) in [5.41, 5.74) is 1.56. The minimum Gasteiger partial charge on any atom is -0.323 e. The molecule has 12 heavy (non-hydrogen) atoms. The lowest BCUT2D eigenvalue weighted by atomic mass is 10.1. The molecule has 2 rings (SSSR count). The van der Waals surface area contributed by atoms with Gasteiger partial charge in [0.15, 0.2) is 0 Å². The van der Waals surface area contributed by atoms with Gasteiger partial charge in [-0.25, -0.2) is 9.97 Å². The molecule has 4 nitrogen and oxygen atoms in total. The number of nitrogens with zero attached hydrogens (tertiary/aromatic N) is 2. The molecule has 1 atom stereocenters. The number of carbonyl (C=O) groups is 1. The highest BCUT2D eigenvalue weighted by Crippen LogP contribution is 2.28. The zero-order valence-corrected chi connectivity index (χ0v) is 6.96. The normalized spacial score (nSPS) is 20.5. The van der Waals surface area contributed by atoms with Crippen molar-refractivity contribution < 1.29 is 4.79 Å². The molecule has 1 unspecified atom stereocenters. The van der Waals surface area contributed by atoms with Gasteiger partial charge in [-0.15, -0.1) is 0 Å². The van der Waals surface area contributed by atoms with Gasteiger partial charge in [-0.1, -0.05) is 0 Å². The van der Waals surface area contributed by atoms with Gasteiger partial charge in [0.05, 0.1) is 23.5 Å². The van der Waals surface area contributed by atoms with Crippen molar-refractivity contribution in [2.45, 2.75) is 19.8 Å². The van der Waals surface area contributed by atoms with Crippen LogP contribution in [0, 0.1) is 6.92 Å². The minimum atomic E-state index is -0.137. The van der Waals surface area contributed by atoms with Gasteiger partial charge in [0.2, 0.25) is 5.91 Å². The highest BCUT2D eigenvalue weighted by molar-refractivity contribution is 6.01. The number of fused-ring (bicyclic) bond motifs is 1. The fourth-order valence-electron chi connectivity index (χ4n) is 1.28. The Morgan fingerprint density at radius 3 is 3.08 bits per heavy atom. The van der Waals surface area contributed by atoms with Crippen LogP contribution in [0.5, 0.6) is 0 Å². The fourth-order valence-corrected chi connectivity index (χ4v) is 1.28. The number of hydrogen-bond donors (Lipinski definition) is 1. The lowest BCUT2D eigenvalue weighted by molar-refractivity contribution is -0.116.